The summed E-state index contributed by atoms with van der Waals surface area (Å²) in [4.78, 5) is 56.7. The number of carbonyl (C=O) groups excluding carboxylic acids is 4. The number of hydrogen-bond acceptors (Lipinski definition) is 10. The molecule has 5 aromatic rings. The number of amides is 4. The van der Waals surface area contributed by atoms with Gasteiger partial charge in [-0.15, -0.1) is 23.1 Å². The molecule has 290 valence electrons. The van der Waals surface area contributed by atoms with Gasteiger partial charge in [0.25, 0.3) is 11.8 Å². The van der Waals surface area contributed by atoms with Crippen LogP contribution in [-0.2, 0) is 27.3 Å². The summed E-state index contributed by atoms with van der Waals surface area (Å²) in [6.07, 6.45) is 2.04. The van der Waals surface area contributed by atoms with Gasteiger partial charge in [0.2, 0.25) is 17.6 Å². The van der Waals surface area contributed by atoms with Crippen molar-refractivity contribution in [1.82, 2.24) is 10.2 Å². The maximum Gasteiger partial charge on any atom is 0.272 e. The highest BCUT2D eigenvalue weighted by atomic mass is 32.2. The molecule has 4 aromatic carbocycles. The van der Waals surface area contributed by atoms with E-state index in [9.17, 15) is 24.4 Å². The largest absolute Gasteiger partial charge is 0.493 e. The number of hydrogen-bond donors (Lipinski definition) is 3. The zero-order valence-electron chi connectivity index (χ0n) is 31.6. The van der Waals surface area contributed by atoms with Crippen LogP contribution in [0.5, 0.6) is 17.2 Å². The minimum atomic E-state index is -0.739. The molecule has 14 heteroatoms. The van der Waals surface area contributed by atoms with Gasteiger partial charge in [-0.2, -0.15) is 5.26 Å². The Kier molecular flexibility index (Phi) is 12.9. The third-order valence-electron chi connectivity index (χ3n) is 9.06. The highest BCUT2D eigenvalue weighted by Gasteiger charge is 2.29. The Morgan fingerprint density at radius 3 is 2.19 bits per heavy atom. The van der Waals surface area contributed by atoms with Gasteiger partial charge in [0, 0.05) is 34.5 Å². The molecule has 57 heavy (non-hydrogen) atoms. The molecule has 0 bridgehead atoms. The van der Waals surface area contributed by atoms with E-state index in [1.807, 2.05) is 36.4 Å². The van der Waals surface area contributed by atoms with Gasteiger partial charge in [-0.05, 0) is 71.7 Å². The number of thioether (sulfide) groups is 1. The molecule has 0 spiro atoms. The van der Waals surface area contributed by atoms with Crippen molar-refractivity contribution in [1.29, 1.82) is 5.26 Å². The molecule has 3 N–H and O–H groups in total. The molecule has 0 fully saturated rings. The van der Waals surface area contributed by atoms with Crippen molar-refractivity contribution >= 4 is 63.5 Å². The topological polar surface area (TPSA) is 159 Å². The quantitative estimate of drug-likeness (QED) is 0.0813. The van der Waals surface area contributed by atoms with Crippen LogP contribution < -0.4 is 30.2 Å². The van der Waals surface area contributed by atoms with Crippen LogP contribution in [0.3, 0.4) is 0 Å². The number of ether oxygens (including phenoxy) is 3. The van der Waals surface area contributed by atoms with Crippen LogP contribution in [0.15, 0.2) is 108 Å². The molecule has 0 radical (unpaired) electrons. The number of methoxy groups -OCH3 is 3. The zero-order chi connectivity index (χ0) is 40.5. The van der Waals surface area contributed by atoms with E-state index < -0.39 is 17.1 Å². The molecular weight excluding hydrogens is 763 g/mol. The number of benzene rings is 4. The Morgan fingerprint density at radius 2 is 1.56 bits per heavy atom. The Labute approximate surface area is 338 Å². The van der Waals surface area contributed by atoms with Crippen molar-refractivity contribution in [3.8, 4) is 23.3 Å². The van der Waals surface area contributed by atoms with Crippen LogP contribution in [0.25, 0.3) is 6.08 Å². The maximum atomic E-state index is 14.1. The van der Waals surface area contributed by atoms with E-state index in [2.05, 4.69) is 22.0 Å². The lowest BCUT2D eigenvalue weighted by Gasteiger charge is -2.25. The number of rotatable bonds is 13. The third-order valence-corrected chi connectivity index (χ3v) is 11.4. The summed E-state index contributed by atoms with van der Waals surface area (Å²) in [7, 11) is 4.45. The molecule has 12 nitrogen and oxygen atoms in total. The van der Waals surface area contributed by atoms with E-state index in [0.29, 0.717) is 69.0 Å². The molecule has 1 atom stereocenters. The lowest BCUT2D eigenvalue weighted by molar-refractivity contribution is -0.129. The molecule has 1 aliphatic rings. The third kappa shape index (κ3) is 9.46. The number of nitrogens with one attached hydrogen (secondary N) is 3. The summed E-state index contributed by atoms with van der Waals surface area (Å²) in [5.74, 6) is -0.385. The first-order valence-corrected chi connectivity index (χ1v) is 19.4. The average molecular weight is 802 g/mol. The van der Waals surface area contributed by atoms with Crippen molar-refractivity contribution in [3.63, 3.8) is 0 Å². The zero-order valence-corrected chi connectivity index (χ0v) is 33.2. The lowest BCUT2D eigenvalue weighted by atomic mass is 10.0. The Balaban J connectivity index is 1.27. The van der Waals surface area contributed by atoms with Crippen molar-refractivity contribution in [2.75, 3.05) is 38.5 Å². The normalized spacial score (nSPS) is 12.7. The minimum absolute atomic E-state index is 0.0418. The molecule has 6 rings (SSSR count). The van der Waals surface area contributed by atoms with Gasteiger partial charge in [0.15, 0.2) is 11.5 Å². The lowest BCUT2D eigenvalue weighted by Crippen LogP contribution is -2.33. The molecule has 4 amide bonds. The maximum absolute atomic E-state index is 14.1. The number of fused-ring (bicyclic) bond motifs is 1. The van der Waals surface area contributed by atoms with Gasteiger partial charge in [0.1, 0.15) is 22.0 Å². The summed E-state index contributed by atoms with van der Waals surface area (Å²) in [5, 5.41) is 18.4. The van der Waals surface area contributed by atoms with Crippen LogP contribution in [0.4, 0.5) is 10.7 Å². The number of nitrogens with zero attached hydrogens (tertiary/aromatic N) is 2. The molecule has 1 aromatic heterocycles. The Morgan fingerprint density at radius 1 is 0.877 bits per heavy atom. The highest BCUT2D eigenvalue weighted by Crippen LogP contribution is 2.41. The summed E-state index contributed by atoms with van der Waals surface area (Å²) >= 11 is 2.59. The summed E-state index contributed by atoms with van der Waals surface area (Å²) in [6, 6.07) is 30.4. The van der Waals surface area contributed by atoms with Crippen LogP contribution in [0.1, 0.15) is 49.7 Å². The van der Waals surface area contributed by atoms with Crippen molar-refractivity contribution in [3.05, 3.63) is 135 Å². The second-order valence-electron chi connectivity index (χ2n) is 12.7. The fourth-order valence-electron chi connectivity index (χ4n) is 6.23. The molecule has 2 heterocycles. The van der Waals surface area contributed by atoms with Crippen molar-refractivity contribution < 1.29 is 33.4 Å². The second kappa shape index (κ2) is 18.4. The average Bonchev–Trinajstić information content (AvgIpc) is 3.58. The Hall–Kier alpha value is -6.56. The fourth-order valence-corrected chi connectivity index (χ4v) is 8.53. The van der Waals surface area contributed by atoms with Gasteiger partial charge in [-0.1, -0.05) is 54.6 Å². The minimum Gasteiger partial charge on any atom is -0.493 e. The molecule has 1 aliphatic heterocycles. The molecule has 0 saturated heterocycles. The van der Waals surface area contributed by atoms with E-state index >= 15 is 0 Å². The van der Waals surface area contributed by atoms with Crippen LogP contribution >= 0.6 is 23.1 Å². The van der Waals surface area contributed by atoms with Gasteiger partial charge >= 0.3 is 0 Å². The molecular formula is C43H39N5O7S2. The van der Waals surface area contributed by atoms with E-state index in [-0.39, 0.29) is 17.5 Å². The predicted octanol–water partition coefficient (Wildman–Crippen LogP) is 7.43. The number of thiophene rings is 1. The van der Waals surface area contributed by atoms with Crippen LogP contribution in [0.2, 0.25) is 0 Å². The monoisotopic (exact) mass is 801 g/mol. The molecule has 0 saturated carbocycles. The second-order valence-corrected chi connectivity index (χ2v) is 15.0. The van der Waals surface area contributed by atoms with Gasteiger partial charge in [0.05, 0.1) is 33.4 Å². The van der Waals surface area contributed by atoms with Crippen molar-refractivity contribution in [2.24, 2.45) is 0 Å². The van der Waals surface area contributed by atoms with Gasteiger partial charge in [-0.3, -0.25) is 19.2 Å². The fraction of sp³-hybridized carbons (Fsp3) is 0.186. The SMILES string of the molecule is COc1cc(/C=C(/NC(=O)c2ccccc2)C(=O)Nc2cccc(SC(C(=O)Nc3sc4c(c3C#N)CCN(C(C)=O)C4)c3ccccc3)c2)cc(OC)c1OC. The number of nitriles is 1. The van der Waals surface area contributed by atoms with Gasteiger partial charge < -0.3 is 35.1 Å². The summed E-state index contributed by atoms with van der Waals surface area (Å²) < 4.78 is 16.4. The van der Waals surface area contributed by atoms with E-state index in [0.717, 1.165) is 16.0 Å². The first-order chi connectivity index (χ1) is 27.6. The predicted molar refractivity (Wildman–Crippen MR) is 221 cm³/mol. The van der Waals surface area contributed by atoms with E-state index in [1.54, 1.807) is 65.6 Å². The number of anilines is 2. The first kappa shape index (κ1) is 40.1. The first-order valence-electron chi connectivity index (χ1n) is 17.7. The summed E-state index contributed by atoms with van der Waals surface area (Å²) in [6.45, 7) is 2.43. The molecule has 0 aliphatic carbocycles. The number of carbonyl (C=O) groups is 4. The Bertz CT molecular complexity index is 2350. The van der Waals surface area contributed by atoms with Gasteiger partial charge in [-0.25, -0.2) is 0 Å². The smallest absolute Gasteiger partial charge is 0.272 e. The van der Waals surface area contributed by atoms with Crippen LogP contribution in [0, 0.1) is 11.3 Å². The van der Waals surface area contributed by atoms with Crippen LogP contribution in [-0.4, -0.2) is 56.4 Å². The van der Waals surface area contributed by atoms with Crippen molar-refractivity contribution in [2.45, 2.75) is 30.0 Å². The molecule has 1 unspecified atom stereocenters. The highest BCUT2D eigenvalue weighted by molar-refractivity contribution is 8.00. The van der Waals surface area contributed by atoms with E-state index in [1.165, 1.54) is 57.4 Å². The standard InChI is InChI=1S/C43H39N5O7S2/c1-26(49)48-19-18-32-33(24-44)43(57-37(32)25-48)47-42(52)39(28-12-7-5-8-13-28)56-31-17-11-16-30(23-31)45-41(51)34(46-40(50)29-14-9-6-10-15-29)20-27-21-35(53-2)38(55-4)36(22-27)54-3/h5-17,20-23,39H,18-19,25H2,1-4H3,(H,45,51)(H,46,50)(H,47,52)/b34-20+. The summed E-state index contributed by atoms with van der Waals surface area (Å²) in [5.41, 5.74) is 3.21. The van der Waals surface area contributed by atoms with E-state index in [4.69, 9.17) is 14.2 Å².